The van der Waals surface area contributed by atoms with Crippen LogP contribution in [0.3, 0.4) is 0 Å². The molecule has 6 heteroatoms. The van der Waals surface area contributed by atoms with E-state index in [1.165, 1.54) is 23.3 Å². The number of ether oxygens (including phenoxy) is 2. The van der Waals surface area contributed by atoms with Crippen molar-refractivity contribution in [3.8, 4) is 22.9 Å². The predicted octanol–water partition coefficient (Wildman–Crippen LogP) is 6.46. The maximum Gasteiger partial charge on any atom is 0.231 e. The Kier molecular flexibility index (Phi) is 7.62. The largest absolute Gasteiger partial charge is 0.454 e. The van der Waals surface area contributed by atoms with E-state index in [-0.39, 0.29) is 12.6 Å². The van der Waals surface area contributed by atoms with Gasteiger partial charge in [-0.05, 0) is 60.4 Å². The fourth-order valence-electron chi connectivity index (χ4n) is 4.60. The SMILES string of the molecule is CCCCn1c(CN(CCc2ccccc2)Cc2ccc3c(c2)OCO3)cnc1-c1ccc(F)cc1. The molecule has 0 fully saturated rings. The maximum atomic E-state index is 13.5. The first-order valence-corrected chi connectivity index (χ1v) is 12.6. The molecule has 0 unspecified atom stereocenters. The van der Waals surface area contributed by atoms with Crippen LogP contribution in [0.2, 0.25) is 0 Å². The zero-order valence-electron chi connectivity index (χ0n) is 20.7. The Morgan fingerprint density at radius 2 is 1.72 bits per heavy atom. The Labute approximate surface area is 212 Å². The Balaban J connectivity index is 1.41. The second-order valence-electron chi connectivity index (χ2n) is 9.22. The molecule has 1 aliphatic rings. The number of unbranched alkanes of at least 4 members (excludes halogenated alkanes) is 1. The van der Waals surface area contributed by atoms with Crippen LogP contribution in [0.5, 0.6) is 11.5 Å². The van der Waals surface area contributed by atoms with Crippen molar-refractivity contribution in [1.82, 2.24) is 14.5 Å². The van der Waals surface area contributed by atoms with Gasteiger partial charge in [-0.15, -0.1) is 0 Å². The lowest BCUT2D eigenvalue weighted by Crippen LogP contribution is -2.26. The van der Waals surface area contributed by atoms with Crippen LogP contribution < -0.4 is 9.47 Å². The summed E-state index contributed by atoms with van der Waals surface area (Å²) in [6, 6.07) is 23.4. The highest BCUT2D eigenvalue weighted by atomic mass is 19.1. The summed E-state index contributed by atoms with van der Waals surface area (Å²) in [7, 11) is 0. The van der Waals surface area contributed by atoms with Crippen LogP contribution >= 0.6 is 0 Å². The Hall–Kier alpha value is -3.64. The predicted molar refractivity (Wildman–Crippen MR) is 139 cm³/mol. The van der Waals surface area contributed by atoms with E-state index >= 15 is 0 Å². The van der Waals surface area contributed by atoms with Crippen LogP contribution in [0.1, 0.15) is 36.6 Å². The highest BCUT2D eigenvalue weighted by Gasteiger charge is 2.18. The zero-order chi connectivity index (χ0) is 24.7. The van der Waals surface area contributed by atoms with Crippen molar-refractivity contribution in [3.63, 3.8) is 0 Å². The number of rotatable bonds is 11. The number of hydrogen-bond donors (Lipinski definition) is 0. The number of hydrogen-bond acceptors (Lipinski definition) is 4. The van der Waals surface area contributed by atoms with Gasteiger partial charge in [0.05, 0.1) is 11.9 Å². The summed E-state index contributed by atoms with van der Waals surface area (Å²) in [6.07, 6.45) is 5.09. The molecule has 2 heterocycles. The highest BCUT2D eigenvalue weighted by Crippen LogP contribution is 2.33. The van der Waals surface area contributed by atoms with E-state index in [1.807, 2.05) is 24.4 Å². The second kappa shape index (κ2) is 11.4. The summed E-state index contributed by atoms with van der Waals surface area (Å²) in [5, 5.41) is 0. The highest BCUT2D eigenvalue weighted by molar-refractivity contribution is 5.56. The molecule has 5 nitrogen and oxygen atoms in total. The summed E-state index contributed by atoms with van der Waals surface area (Å²) in [5.74, 6) is 2.27. The van der Waals surface area contributed by atoms with Gasteiger partial charge in [0.25, 0.3) is 0 Å². The minimum Gasteiger partial charge on any atom is -0.454 e. The molecule has 36 heavy (non-hydrogen) atoms. The second-order valence-corrected chi connectivity index (χ2v) is 9.22. The molecule has 0 bridgehead atoms. The first-order chi connectivity index (χ1) is 17.7. The van der Waals surface area contributed by atoms with E-state index < -0.39 is 0 Å². The number of aromatic nitrogens is 2. The molecule has 3 aromatic carbocycles. The van der Waals surface area contributed by atoms with Crippen LogP contribution in [0.15, 0.2) is 79.0 Å². The van der Waals surface area contributed by atoms with Crippen LogP contribution in [0, 0.1) is 5.82 Å². The van der Waals surface area contributed by atoms with E-state index in [4.69, 9.17) is 14.5 Å². The lowest BCUT2D eigenvalue weighted by molar-refractivity contribution is 0.174. The van der Waals surface area contributed by atoms with Gasteiger partial charge in [0, 0.05) is 31.7 Å². The third kappa shape index (κ3) is 5.77. The van der Waals surface area contributed by atoms with Gasteiger partial charge in [0.1, 0.15) is 11.6 Å². The van der Waals surface area contributed by atoms with Gasteiger partial charge in [-0.2, -0.15) is 0 Å². The molecular weight excluding hydrogens is 453 g/mol. The summed E-state index contributed by atoms with van der Waals surface area (Å²) in [6.45, 7) is 5.81. The lowest BCUT2D eigenvalue weighted by atomic mass is 10.1. The molecule has 0 spiro atoms. The quantitative estimate of drug-likeness (QED) is 0.244. The zero-order valence-corrected chi connectivity index (χ0v) is 20.7. The summed E-state index contributed by atoms with van der Waals surface area (Å²) >= 11 is 0. The van der Waals surface area contributed by atoms with Gasteiger partial charge in [-0.3, -0.25) is 4.90 Å². The lowest BCUT2D eigenvalue weighted by Gasteiger charge is -2.24. The van der Waals surface area contributed by atoms with Gasteiger partial charge in [-0.25, -0.2) is 9.37 Å². The molecule has 5 rings (SSSR count). The van der Waals surface area contributed by atoms with Crippen molar-refractivity contribution in [2.45, 2.75) is 45.8 Å². The van der Waals surface area contributed by atoms with E-state index in [9.17, 15) is 4.39 Å². The van der Waals surface area contributed by atoms with Gasteiger partial charge >= 0.3 is 0 Å². The van der Waals surface area contributed by atoms with Crippen molar-refractivity contribution in [1.29, 1.82) is 0 Å². The van der Waals surface area contributed by atoms with Crippen LogP contribution in [-0.4, -0.2) is 27.8 Å². The number of nitrogens with zero attached hydrogens (tertiary/aromatic N) is 3. The monoisotopic (exact) mass is 485 g/mol. The van der Waals surface area contributed by atoms with Crippen molar-refractivity contribution in [2.24, 2.45) is 0 Å². The molecule has 4 aromatic rings. The summed E-state index contributed by atoms with van der Waals surface area (Å²) in [5.41, 5.74) is 4.60. The normalized spacial score (nSPS) is 12.4. The van der Waals surface area contributed by atoms with E-state index in [2.05, 4.69) is 58.9 Å². The third-order valence-corrected chi connectivity index (χ3v) is 6.56. The molecule has 0 aliphatic carbocycles. The van der Waals surface area contributed by atoms with E-state index in [0.717, 1.165) is 74.0 Å². The number of benzene rings is 3. The van der Waals surface area contributed by atoms with Gasteiger partial charge < -0.3 is 14.0 Å². The minimum atomic E-state index is -0.235. The van der Waals surface area contributed by atoms with Crippen molar-refractivity contribution in [3.05, 3.63) is 102 Å². The molecule has 1 aliphatic heterocycles. The molecular formula is C30H32FN3O2. The maximum absolute atomic E-state index is 13.5. The van der Waals surface area contributed by atoms with Crippen LogP contribution in [0.4, 0.5) is 4.39 Å². The third-order valence-electron chi connectivity index (χ3n) is 6.56. The standard InChI is InChI=1S/C30H32FN3O2/c1-2-3-16-34-27(19-32-30(34)25-10-12-26(31)13-11-25)21-33(17-15-23-7-5-4-6-8-23)20-24-9-14-28-29(18-24)36-22-35-28/h4-14,18-19H,2-3,15-17,20-22H2,1H3. The number of fused-ring (bicyclic) bond motifs is 1. The molecule has 0 N–H and O–H groups in total. The van der Waals surface area contributed by atoms with Crippen LogP contribution in [-0.2, 0) is 26.1 Å². The molecule has 0 atom stereocenters. The Bertz CT molecular complexity index is 1270. The first-order valence-electron chi connectivity index (χ1n) is 12.6. The van der Waals surface area contributed by atoms with E-state index in [1.54, 1.807) is 0 Å². The fourth-order valence-corrected chi connectivity index (χ4v) is 4.60. The average Bonchev–Trinajstić information content (AvgIpc) is 3.53. The Morgan fingerprint density at radius 1 is 0.917 bits per heavy atom. The van der Waals surface area contributed by atoms with Crippen molar-refractivity contribution < 1.29 is 13.9 Å². The fraction of sp³-hybridized carbons (Fsp3) is 0.300. The smallest absolute Gasteiger partial charge is 0.231 e. The van der Waals surface area contributed by atoms with Crippen LogP contribution in [0.25, 0.3) is 11.4 Å². The average molecular weight is 486 g/mol. The molecule has 0 amide bonds. The Morgan fingerprint density at radius 3 is 2.53 bits per heavy atom. The summed E-state index contributed by atoms with van der Waals surface area (Å²) < 4.78 is 26.9. The summed E-state index contributed by atoms with van der Waals surface area (Å²) in [4.78, 5) is 7.23. The topological polar surface area (TPSA) is 39.5 Å². The molecule has 0 saturated carbocycles. The number of halogens is 1. The van der Waals surface area contributed by atoms with Crippen molar-refractivity contribution in [2.75, 3.05) is 13.3 Å². The minimum absolute atomic E-state index is 0.235. The van der Waals surface area contributed by atoms with E-state index in [0.29, 0.717) is 0 Å². The number of imidazole rings is 1. The van der Waals surface area contributed by atoms with Crippen molar-refractivity contribution >= 4 is 0 Å². The molecule has 1 aromatic heterocycles. The van der Waals surface area contributed by atoms with Gasteiger partial charge in [0.15, 0.2) is 11.5 Å². The first kappa shape index (κ1) is 24.1. The molecule has 186 valence electrons. The molecule has 0 radical (unpaired) electrons. The van der Waals surface area contributed by atoms with Gasteiger partial charge in [-0.1, -0.05) is 49.7 Å². The molecule has 0 saturated heterocycles. The van der Waals surface area contributed by atoms with Gasteiger partial charge in [0.2, 0.25) is 6.79 Å².